The number of carbonyl (C=O) groups excluding carboxylic acids is 1. The molecule has 1 amide bonds. The van der Waals surface area contributed by atoms with Crippen LogP contribution in [0.15, 0.2) is 35.1 Å². The number of hydrogen-bond donors (Lipinski definition) is 2. The van der Waals surface area contributed by atoms with Gasteiger partial charge in [0.2, 0.25) is 12.1 Å². The lowest BCUT2D eigenvalue weighted by Gasteiger charge is -2.30. The Morgan fingerprint density at radius 3 is 2.59 bits per heavy atom. The van der Waals surface area contributed by atoms with Crippen molar-refractivity contribution in [1.82, 2.24) is 19.7 Å². The van der Waals surface area contributed by atoms with Crippen molar-refractivity contribution < 1.29 is 14.3 Å². The molecular weight excluding hydrogens is 434 g/mol. The third kappa shape index (κ3) is 4.06. The Labute approximate surface area is 197 Å². The first kappa shape index (κ1) is 22.2. The van der Waals surface area contributed by atoms with Gasteiger partial charge in [0.15, 0.2) is 11.5 Å². The molecule has 3 aromatic rings. The average Bonchev–Trinajstić information content (AvgIpc) is 3.23. The molecule has 0 saturated heterocycles. The third-order valence-electron chi connectivity index (χ3n) is 6.21. The van der Waals surface area contributed by atoms with Gasteiger partial charge in [0.25, 0.3) is 11.5 Å². The summed E-state index contributed by atoms with van der Waals surface area (Å²) in [6.45, 7) is 7.89. The molecule has 2 aromatic heterocycles. The van der Waals surface area contributed by atoms with E-state index in [4.69, 9.17) is 19.6 Å². The van der Waals surface area contributed by atoms with Crippen LogP contribution in [-0.2, 0) is 23.1 Å². The smallest absolute Gasteiger partial charge is 0.270 e. The molecule has 0 bridgehead atoms. The van der Waals surface area contributed by atoms with E-state index in [1.807, 2.05) is 39.0 Å². The molecule has 34 heavy (non-hydrogen) atoms. The number of aryl methyl sites for hydroxylation is 1. The average molecular weight is 464 g/mol. The second kappa shape index (κ2) is 8.30. The van der Waals surface area contributed by atoms with Crippen molar-refractivity contribution in [3.63, 3.8) is 0 Å². The van der Waals surface area contributed by atoms with Gasteiger partial charge in [-0.3, -0.25) is 14.6 Å². The summed E-state index contributed by atoms with van der Waals surface area (Å²) in [4.78, 5) is 33.6. The lowest BCUT2D eigenvalue weighted by Crippen LogP contribution is -2.46. The van der Waals surface area contributed by atoms with E-state index in [0.717, 1.165) is 42.6 Å². The van der Waals surface area contributed by atoms with Crippen molar-refractivity contribution in [2.45, 2.75) is 71.0 Å². The van der Waals surface area contributed by atoms with Gasteiger partial charge >= 0.3 is 0 Å². The van der Waals surface area contributed by atoms with E-state index in [9.17, 15) is 9.59 Å². The Balaban J connectivity index is 1.50. The number of H-pyrrole nitrogens is 1. The lowest BCUT2D eigenvalue weighted by atomic mass is 9.92. The van der Waals surface area contributed by atoms with Crippen molar-refractivity contribution in [1.29, 1.82) is 0 Å². The molecule has 2 aliphatic rings. The summed E-state index contributed by atoms with van der Waals surface area (Å²) in [7, 11) is 0. The zero-order chi connectivity index (χ0) is 24.0. The summed E-state index contributed by atoms with van der Waals surface area (Å²) in [5.74, 6) is 1.45. The molecule has 2 N–H and O–H groups in total. The maximum absolute atomic E-state index is 13.3. The number of nitrogens with zero attached hydrogens (tertiary/aromatic N) is 3. The van der Waals surface area contributed by atoms with E-state index < -0.39 is 12.2 Å². The Bertz CT molecular complexity index is 1300. The number of para-hydroxylation sites is 2. The summed E-state index contributed by atoms with van der Waals surface area (Å²) in [6.07, 6.45) is 2.12. The molecule has 2 atom stereocenters. The van der Waals surface area contributed by atoms with Crippen molar-refractivity contribution in [2.75, 3.05) is 5.32 Å². The predicted molar refractivity (Wildman–Crippen MR) is 127 cm³/mol. The molecule has 0 saturated carbocycles. The number of nitrogens with one attached hydrogen (secondary N) is 2. The number of carbonyl (C=O) groups is 1. The third-order valence-corrected chi connectivity index (χ3v) is 6.21. The maximum Gasteiger partial charge on any atom is 0.270 e. The van der Waals surface area contributed by atoms with Gasteiger partial charge < -0.3 is 14.8 Å². The van der Waals surface area contributed by atoms with Crippen LogP contribution in [0.4, 0.5) is 5.82 Å². The highest BCUT2D eigenvalue weighted by Crippen LogP contribution is 2.34. The summed E-state index contributed by atoms with van der Waals surface area (Å²) < 4.78 is 13.3. The predicted octanol–water partition coefficient (Wildman–Crippen LogP) is 3.30. The molecule has 9 nitrogen and oxygen atoms in total. The summed E-state index contributed by atoms with van der Waals surface area (Å²) >= 11 is 0. The molecule has 0 spiro atoms. The molecule has 0 fully saturated rings. The van der Waals surface area contributed by atoms with E-state index in [-0.39, 0.29) is 22.8 Å². The first-order chi connectivity index (χ1) is 16.2. The van der Waals surface area contributed by atoms with Gasteiger partial charge in [-0.15, -0.1) is 0 Å². The van der Waals surface area contributed by atoms with Crippen molar-refractivity contribution in [3.05, 3.63) is 57.6 Å². The number of ether oxygens (including phenoxy) is 2. The first-order valence-corrected chi connectivity index (χ1v) is 11.7. The van der Waals surface area contributed by atoms with Crippen LogP contribution in [0.1, 0.15) is 57.5 Å². The van der Waals surface area contributed by atoms with Crippen molar-refractivity contribution in [3.8, 4) is 17.4 Å². The molecule has 0 radical (unpaired) electrons. The van der Waals surface area contributed by atoms with Crippen LogP contribution < -0.4 is 20.3 Å². The van der Waals surface area contributed by atoms with Crippen LogP contribution in [0.2, 0.25) is 0 Å². The quantitative estimate of drug-likeness (QED) is 0.617. The highest BCUT2D eigenvalue weighted by molar-refractivity contribution is 5.94. The summed E-state index contributed by atoms with van der Waals surface area (Å²) in [5.41, 5.74) is 1.85. The minimum atomic E-state index is -0.855. The number of rotatable bonds is 3. The van der Waals surface area contributed by atoms with Crippen molar-refractivity contribution >= 4 is 11.7 Å². The van der Waals surface area contributed by atoms with E-state index >= 15 is 0 Å². The number of hydrogen-bond acceptors (Lipinski definition) is 6. The van der Waals surface area contributed by atoms with E-state index in [0.29, 0.717) is 17.3 Å². The standard InChI is InChI=1S/C25H29N5O4/c1-14-21(34-18-12-8-7-11-17(18)33-14)23(32)27-20-13-19(25(2,3)4)29-30(20)24-26-16-10-6-5-9-15(16)22(31)28-24/h7-8,11-14,21H,5-6,9-10H2,1-4H3,(H,27,32)(H,26,28,31). The molecular formula is C25H29N5O4. The Hall–Kier alpha value is -3.62. The van der Waals surface area contributed by atoms with E-state index in [1.54, 1.807) is 19.1 Å². The number of aromatic nitrogens is 4. The van der Waals surface area contributed by atoms with Crippen LogP contribution in [0.25, 0.3) is 5.95 Å². The van der Waals surface area contributed by atoms with Crippen LogP contribution in [0, 0.1) is 0 Å². The monoisotopic (exact) mass is 463 g/mol. The van der Waals surface area contributed by atoms with Crippen molar-refractivity contribution in [2.24, 2.45) is 0 Å². The minimum Gasteiger partial charge on any atom is -0.482 e. The molecule has 178 valence electrons. The van der Waals surface area contributed by atoms with Gasteiger partial charge in [-0.25, -0.2) is 4.98 Å². The summed E-state index contributed by atoms with van der Waals surface area (Å²) in [5, 5.41) is 7.62. The number of fused-ring (bicyclic) bond motifs is 2. The molecule has 2 unspecified atom stereocenters. The normalized spacial score (nSPS) is 19.4. The number of anilines is 1. The van der Waals surface area contributed by atoms with Gasteiger partial charge in [0.05, 0.1) is 11.4 Å². The minimum absolute atomic E-state index is 0.154. The van der Waals surface area contributed by atoms with Crippen LogP contribution in [-0.4, -0.2) is 37.9 Å². The number of aromatic amines is 1. The zero-order valence-corrected chi connectivity index (χ0v) is 19.8. The molecule has 9 heteroatoms. The Kier molecular flexibility index (Phi) is 5.42. The van der Waals surface area contributed by atoms with Crippen LogP contribution in [0.5, 0.6) is 11.5 Å². The SMILES string of the molecule is CC1Oc2ccccc2OC1C(=O)Nc1cc(C(C)(C)C)nn1-c1nc2c(c(=O)[nH]1)CCCC2. The largest absolute Gasteiger partial charge is 0.482 e. The molecule has 3 heterocycles. The summed E-state index contributed by atoms with van der Waals surface area (Å²) in [6, 6.07) is 9.07. The number of amides is 1. The molecule has 1 aromatic carbocycles. The van der Waals surface area contributed by atoms with Gasteiger partial charge in [-0.2, -0.15) is 9.78 Å². The van der Waals surface area contributed by atoms with Gasteiger partial charge in [0, 0.05) is 17.0 Å². The van der Waals surface area contributed by atoms with E-state index in [2.05, 4.69) is 10.3 Å². The lowest BCUT2D eigenvalue weighted by molar-refractivity contribution is -0.128. The van der Waals surface area contributed by atoms with Crippen LogP contribution in [0.3, 0.4) is 0 Å². The fourth-order valence-electron chi connectivity index (χ4n) is 4.29. The highest BCUT2D eigenvalue weighted by atomic mass is 16.6. The first-order valence-electron chi connectivity index (χ1n) is 11.7. The maximum atomic E-state index is 13.3. The molecule has 1 aliphatic carbocycles. The second-order valence-corrected chi connectivity index (χ2v) is 9.90. The Morgan fingerprint density at radius 1 is 1.15 bits per heavy atom. The fourth-order valence-corrected chi connectivity index (χ4v) is 4.29. The number of benzene rings is 1. The van der Waals surface area contributed by atoms with Gasteiger partial charge in [0.1, 0.15) is 11.9 Å². The second-order valence-electron chi connectivity index (χ2n) is 9.90. The molecule has 1 aliphatic heterocycles. The topological polar surface area (TPSA) is 111 Å². The highest BCUT2D eigenvalue weighted by Gasteiger charge is 2.35. The zero-order valence-electron chi connectivity index (χ0n) is 19.8. The van der Waals surface area contributed by atoms with Crippen LogP contribution >= 0.6 is 0 Å². The Morgan fingerprint density at radius 2 is 1.85 bits per heavy atom. The van der Waals surface area contributed by atoms with E-state index in [1.165, 1.54) is 4.68 Å². The fraction of sp³-hybridized carbons (Fsp3) is 0.440. The van der Waals surface area contributed by atoms with Gasteiger partial charge in [-0.1, -0.05) is 32.9 Å². The van der Waals surface area contributed by atoms with Gasteiger partial charge in [-0.05, 0) is 44.7 Å². The molecule has 5 rings (SSSR count).